The molecule has 0 atom stereocenters. The standard InChI is InChI=1S/C18H15BrN2O5S/c1-8-14-16(23)20-9(2)21-17(14)27-15(8)18(24)26-7-12(22)10-4-5-13(25-3)11(19)6-10/h4-6H,7H2,1-3H3,(H,20,21,23). The van der Waals surface area contributed by atoms with Gasteiger partial charge >= 0.3 is 5.97 Å². The minimum atomic E-state index is -0.659. The highest BCUT2D eigenvalue weighted by Gasteiger charge is 2.21. The van der Waals surface area contributed by atoms with E-state index in [9.17, 15) is 14.4 Å². The summed E-state index contributed by atoms with van der Waals surface area (Å²) in [5, 5.41) is 0.364. The van der Waals surface area contributed by atoms with Crippen LogP contribution in [-0.4, -0.2) is 35.4 Å². The topological polar surface area (TPSA) is 98.3 Å². The molecule has 9 heteroatoms. The van der Waals surface area contributed by atoms with Gasteiger partial charge in [-0.3, -0.25) is 9.59 Å². The maximum absolute atomic E-state index is 12.4. The molecule has 0 unspecified atom stereocenters. The molecule has 3 rings (SSSR count). The number of halogens is 1. The number of H-pyrrole nitrogens is 1. The maximum Gasteiger partial charge on any atom is 0.349 e. The van der Waals surface area contributed by atoms with E-state index in [2.05, 4.69) is 25.9 Å². The molecule has 0 radical (unpaired) electrons. The average Bonchev–Trinajstić information content (AvgIpc) is 2.95. The number of aryl methyl sites for hydroxylation is 2. The number of Topliss-reactive ketones (excluding diaryl/α,β-unsaturated/α-hetero) is 1. The summed E-state index contributed by atoms with van der Waals surface area (Å²) in [5.74, 6) is 0.0529. The van der Waals surface area contributed by atoms with Crippen molar-refractivity contribution in [3.8, 4) is 5.75 Å². The first-order valence-corrected chi connectivity index (χ1v) is 9.46. The monoisotopic (exact) mass is 450 g/mol. The van der Waals surface area contributed by atoms with E-state index in [1.165, 1.54) is 7.11 Å². The number of aromatic amines is 1. The molecule has 3 aromatic rings. The number of ether oxygens (including phenoxy) is 2. The number of carbonyl (C=O) groups is 2. The van der Waals surface area contributed by atoms with Crippen LogP contribution >= 0.6 is 27.3 Å². The van der Waals surface area contributed by atoms with Crippen molar-refractivity contribution in [2.24, 2.45) is 0 Å². The first kappa shape index (κ1) is 19.2. The van der Waals surface area contributed by atoms with E-state index in [4.69, 9.17) is 9.47 Å². The predicted octanol–water partition coefficient (Wildman–Crippen LogP) is 3.41. The highest BCUT2D eigenvalue weighted by Crippen LogP contribution is 2.28. The van der Waals surface area contributed by atoms with Gasteiger partial charge in [-0.05, 0) is 53.5 Å². The third-order valence-corrected chi connectivity index (χ3v) is 5.70. The molecule has 1 aromatic carbocycles. The fourth-order valence-electron chi connectivity index (χ4n) is 2.57. The van der Waals surface area contributed by atoms with Gasteiger partial charge in [0.05, 0.1) is 17.0 Å². The van der Waals surface area contributed by atoms with Gasteiger partial charge in [0.25, 0.3) is 5.56 Å². The first-order valence-electron chi connectivity index (χ1n) is 7.85. The Balaban J connectivity index is 1.78. The molecule has 1 N–H and O–H groups in total. The van der Waals surface area contributed by atoms with E-state index < -0.39 is 12.6 Å². The van der Waals surface area contributed by atoms with Gasteiger partial charge in [0.15, 0.2) is 12.4 Å². The number of nitrogens with one attached hydrogen (secondary N) is 1. The lowest BCUT2D eigenvalue weighted by Gasteiger charge is -2.06. The van der Waals surface area contributed by atoms with Gasteiger partial charge in [-0.25, -0.2) is 9.78 Å². The Morgan fingerprint density at radius 1 is 1.30 bits per heavy atom. The summed E-state index contributed by atoms with van der Waals surface area (Å²) in [6.45, 7) is 2.91. The zero-order valence-electron chi connectivity index (χ0n) is 14.7. The van der Waals surface area contributed by atoms with Gasteiger partial charge in [0, 0.05) is 5.56 Å². The van der Waals surface area contributed by atoms with Crippen LogP contribution in [0.15, 0.2) is 27.5 Å². The van der Waals surface area contributed by atoms with Gasteiger partial charge < -0.3 is 14.5 Å². The van der Waals surface area contributed by atoms with Crippen molar-refractivity contribution in [2.45, 2.75) is 13.8 Å². The number of aromatic nitrogens is 2. The summed E-state index contributed by atoms with van der Waals surface area (Å²) in [4.78, 5) is 44.3. The number of hydrogen-bond donors (Lipinski definition) is 1. The number of hydrogen-bond acceptors (Lipinski definition) is 7. The zero-order chi connectivity index (χ0) is 19.7. The summed E-state index contributed by atoms with van der Waals surface area (Å²) in [6, 6.07) is 4.85. The van der Waals surface area contributed by atoms with Crippen LogP contribution < -0.4 is 10.3 Å². The molecule has 0 aliphatic heterocycles. The van der Waals surface area contributed by atoms with E-state index in [-0.39, 0.29) is 16.2 Å². The van der Waals surface area contributed by atoms with Crippen LogP contribution in [0.4, 0.5) is 0 Å². The molecular weight excluding hydrogens is 436 g/mol. The van der Waals surface area contributed by atoms with Crippen LogP contribution in [0.25, 0.3) is 10.2 Å². The number of fused-ring (bicyclic) bond motifs is 1. The van der Waals surface area contributed by atoms with Crippen molar-refractivity contribution in [3.63, 3.8) is 0 Å². The third kappa shape index (κ3) is 3.79. The summed E-state index contributed by atoms with van der Waals surface area (Å²) in [6.07, 6.45) is 0. The molecule has 0 aliphatic carbocycles. The Labute approximate surface area is 166 Å². The second-order valence-electron chi connectivity index (χ2n) is 5.74. The molecule has 0 spiro atoms. The largest absolute Gasteiger partial charge is 0.496 e. The number of rotatable bonds is 5. The lowest BCUT2D eigenvalue weighted by atomic mass is 10.1. The Hall–Kier alpha value is -2.52. The number of benzene rings is 1. The van der Waals surface area contributed by atoms with Gasteiger partial charge in [-0.15, -0.1) is 11.3 Å². The number of carbonyl (C=O) groups excluding carboxylic acids is 2. The van der Waals surface area contributed by atoms with E-state index in [0.717, 1.165) is 11.3 Å². The van der Waals surface area contributed by atoms with Crippen LogP contribution in [0.2, 0.25) is 0 Å². The van der Waals surface area contributed by atoms with Crippen molar-refractivity contribution in [1.29, 1.82) is 0 Å². The molecule has 0 saturated heterocycles. The van der Waals surface area contributed by atoms with Crippen LogP contribution in [0.5, 0.6) is 5.75 Å². The highest BCUT2D eigenvalue weighted by atomic mass is 79.9. The fourth-order valence-corrected chi connectivity index (χ4v) is 4.23. The average molecular weight is 451 g/mol. The van der Waals surface area contributed by atoms with Crippen LogP contribution in [0.1, 0.15) is 31.4 Å². The lowest BCUT2D eigenvalue weighted by molar-refractivity contribution is 0.0479. The molecule has 27 heavy (non-hydrogen) atoms. The number of esters is 1. The van der Waals surface area contributed by atoms with Gasteiger partial charge in [0.1, 0.15) is 21.3 Å². The van der Waals surface area contributed by atoms with Crippen LogP contribution in [-0.2, 0) is 4.74 Å². The summed E-state index contributed by atoms with van der Waals surface area (Å²) >= 11 is 4.39. The quantitative estimate of drug-likeness (QED) is 0.472. The third-order valence-electron chi connectivity index (χ3n) is 3.91. The smallest absolute Gasteiger partial charge is 0.349 e. The second-order valence-corrected chi connectivity index (χ2v) is 7.59. The normalized spacial score (nSPS) is 10.8. The Bertz CT molecular complexity index is 1120. The Kier molecular flexibility index (Phi) is 5.43. The maximum atomic E-state index is 12.4. The molecule has 0 fully saturated rings. The second kappa shape index (κ2) is 7.61. The summed E-state index contributed by atoms with van der Waals surface area (Å²) in [7, 11) is 1.53. The predicted molar refractivity (Wildman–Crippen MR) is 105 cm³/mol. The minimum absolute atomic E-state index is 0.261. The van der Waals surface area contributed by atoms with Gasteiger partial charge in [-0.2, -0.15) is 0 Å². The lowest BCUT2D eigenvalue weighted by Crippen LogP contribution is -2.14. The molecular formula is C18H15BrN2O5S. The SMILES string of the molecule is COc1ccc(C(=O)COC(=O)c2sc3nc(C)[nH]c(=O)c3c2C)cc1Br. The Morgan fingerprint density at radius 2 is 2.04 bits per heavy atom. The summed E-state index contributed by atoms with van der Waals surface area (Å²) < 4.78 is 10.9. The van der Waals surface area contributed by atoms with E-state index in [1.54, 1.807) is 32.0 Å². The number of ketones is 1. The van der Waals surface area contributed by atoms with Crippen molar-refractivity contribution in [2.75, 3.05) is 13.7 Å². The van der Waals surface area contributed by atoms with E-state index in [1.807, 2.05) is 0 Å². The highest BCUT2D eigenvalue weighted by molar-refractivity contribution is 9.10. The molecule has 0 amide bonds. The first-order chi connectivity index (χ1) is 12.8. The van der Waals surface area contributed by atoms with Crippen molar-refractivity contribution in [3.05, 3.63) is 54.9 Å². The number of thiophene rings is 1. The molecule has 2 aromatic heterocycles. The van der Waals surface area contributed by atoms with Crippen LogP contribution in [0, 0.1) is 13.8 Å². The Morgan fingerprint density at radius 3 is 2.70 bits per heavy atom. The van der Waals surface area contributed by atoms with Crippen LogP contribution in [0.3, 0.4) is 0 Å². The fraction of sp³-hybridized carbons (Fsp3) is 0.222. The molecule has 0 aliphatic rings. The van der Waals surface area contributed by atoms with Gasteiger partial charge in [-0.1, -0.05) is 0 Å². The van der Waals surface area contributed by atoms with E-state index in [0.29, 0.717) is 37.4 Å². The van der Waals surface area contributed by atoms with Gasteiger partial charge in [0.2, 0.25) is 0 Å². The molecule has 0 saturated carbocycles. The minimum Gasteiger partial charge on any atom is -0.496 e. The molecule has 0 bridgehead atoms. The molecule has 2 heterocycles. The molecule has 7 nitrogen and oxygen atoms in total. The van der Waals surface area contributed by atoms with Crippen molar-refractivity contribution in [1.82, 2.24) is 9.97 Å². The molecule has 140 valence electrons. The number of nitrogens with zero attached hydrogens (tertiary/aromatic N) is 1. The van der Waals surface area contributed by atoms with Crippen molar-refractivity contribution < 1.29 is 19.1 Å². The number of methoxy groups -OCH3 is 1. The van der Waals surface area contributed by atoms with E-state index >= 15 is 0 Å². The summed E-state index contributed by atoms with van der Waals surface area (Å²) in [5.41, 5.74) is 0.579. The van der Waals surface area contributed by atoms with Crippen molar-refractivity contribution >= 4 is 49.2 Å². The zero-order valence-corrected chi connectivity index (χ0v) is 17.1.